The largest absolute Gasteiger partial charge is 0.497 e. The molecule has 2 unspecified atom stereocenters. The summed E-state index contributed by atoms with van der Waals surface area (Å²) in [6.45, 7) is 1.38. The van der Waals surface area contributed by atoms with Gasteiger partial charge < -0.3 is 15.2 Å². The molecular weight excluding hydrogens is 448 g/mol. The molecule has 0 bridgehead atoms. The van der Waals surface area contributed by atoms with Crippen LogP contribution in [-0.2, 0) is 11.2 Å². The van der Waals surface area contributed by atoms with Crippen LogP contribution in [0.15, 0.2) is 60.8 Å². The lowest BCUT2D eigenvalue weighted by molar-refractivity contribution is -0.145. The van der Waals surface area contributed by atoms with E-state index in [0.717, 1.165) is 60.9 Å². The number of methoxy groups -OCH3 is 1. The summed E-state index contributed by atoms with van der Waals surface area (Å²) in [5, 5.41) is 13.9. The number of halogens is 1. The molecule has 3 aromatic rings. The maximum absolute atomic E-state index is 12.1. The fraction of sp³-hybridized carbons (Fsp3) is 0.429. The highest BCUT2D eigenvalue weighted by molar-refractivity contribution is 6.21. The number of nitrogens with zero attached hydrogens (tertiary/aromatic N) is 1. The molecule has 0 saturated carbocycles. The number of pyridine rings is 1. The summed E-state index contributed by atoms with van der Waals surface area (Å²) in [7, 11) is 1.65. The van der Waals surface area contributed by atoms with Crippen LogP contribution < -0.4 is 10.1 Å². The molecule has 1 aliphatic heterocycles. The Labute approximate surface area is 206 Å². The number of piperidine rings is 1. The Balaban J connectivity index is 1.56. The molecule has 34 heavy (non-hydrogen) atoms. The SMILES string of the molecule is COc1ccc2nccc([C@H](Cl)C[C@@H](CCCc3ccccc3)C3CCNCC3C(=O)O)c2c1. The van der Waals surface area contributed by atoms with Gasteiger partial charge in [-0.3, -0.25) is 9.78 Å². The van der Waals surface area contributed by atoms with Crippen LogP contribution in [0.2, 0.25) is 0 Å². The molecule has 1 aliphatic rings. The zero-order chi connectivity index (χ0) is 23.9. The maximum atomic E-state index is 12.1. The average Bonchev–Trinajstić information content (AvgIpc) is 2.88. The zero-order valence-electron chi connectivity index (χ0n) is 19.6. The molecule has 2 aromatic carbocycles. The summed E-state index contributed by atoms with van der Waals surface area (Å²) in [6, 6.07) is 18.3. The predicted molar refractivity (Wildman–Crippen MR) is 136 cm³/mol. The summed E-state index contributed by atoms with van der Waals surface area (Å²) < 4.78 is 5.43. The molecular formula is C28H33ClN2O3. The van der Waals surface area contributed by atoms with Gasteiger partial charge in [0, 0.05) is 18.1 Å². The quantitative estimate of drug-likeness (QED) is 0.355. The van der Waals surface area contributed by atoms with E-state index in [2.05, 4.69) is 34.6 Å². The molecule has 2 heterocycles. The van der Waals surface area contributed by atoms with Gasteiger partial charge in [-0.1, -0.05) is 30.3 Å². The fourth-order valence-corrected chi connectivity index (χ4v) is 5.79. The highest BCUT2D eigenvalue weighted by Gasteiger charge is 2.37. The number of rotatable bonds is 10. The number of aryl methyl sites for hydroxylation is 1. The second-order valence-corrected chi connectivity index (χ2v) is 9.75. The molecule has 1 saturated heterocycles. The first-order valence-electron chi connectivity index (χ1n) is 12.1. The average molecular weight is 481 g/mol. The van der Waals surface area contributed by atoms with Crippen molar-refractivity contribution >= 4 is 28.5 Å². The fourth-order valence-electron chi connectivity index (χ4n) is 5.37. The first-order chi connectivity index (χ1) is 16.6. The minimum Gasteiger partial charge on any atom is -0.497 e. The van der Waals surface area contributed by atoms with Gasteiger partial charge in [-0.15, -0.1) is 11.6 Å². The van der Waals surface area contributed by atoms with Crippen molar-refractivity contribution in [1.82, 2.24) is 10.3 Å². The number of ether oxygens (including phenoxy) is 1. The van der Waals surface area contributed by atoms with Crippen LogP contribution in [0, 0.1) is 17.8 Å². The van der Waals surface area contributed by atoms with Crippen LogP contribution >= 0.6 is 11.6 Å². The second-order valence-electron chi connectivity index (χ2n) is 9.23. The van der Waals surface area contributed by atoms with E-state index >= 15 is 0 Å². The third-order valence-corrected chi connectivity index (χ3v) is 7.58. The number of alkyl halides is 1. The van der Waals surface area contributed by atoms with Crippen molar-refractivity contribution in [3.8, 4) is 5.75 Å². The molecule has 5 nitrogen and oxygen atoms in total. The topological polar surface area (TPSA) is 71.5 Å². The van der Waals surface area contributed by atoms with Crippen molar-refractivity contribution in [3.63, 3.8) is 0 Å². The number of aromatic nitrogens is 1. The van der Waals surface area contributed by atoms with E-state index in [1.54, 1.807) is 13.3 Å². The van der Waals surface area contributed by atoms with Crippen molar-refractivity contribution in [2.24, 2.45) is 17.8 Å². The van der Waals surface area contributed by atoms with Crippen molar-refractivity contribution in [1.29, 1.82) is 0 Å². The number of carboxylic acids is 1. The molecule has 0 amide bonds. The van der Waals surface area contributed by atoms with Gasteiger partial charge in [0.2, 0.25) is 0 Å². The standard InChI is InChI=1S/C28H33ClN2O3/c1-34-21-10-11-27-24(17-21)23(13-15-31-27)26(29)16-20(9-5-8-19-6-3-2-4-7-19)22-12-14-30-18-25(22)28(32)33/h2-4,6-7,10-11,13,15,17,20,22,25-26,30H,5,8-9,12,14,16,18H2,1H3,(H,32,33)/t20-,22?,25?,26-/m1/s1. The molecule has 0 radical (unpaired) electrons. The van der Waals surface area contributed by atoms with Crippen LogP contribution in [0.5, 0.6) is 5.75 Å². The zero-order valence-corrected chi connectivity index (χ0v) is 20.4. The van der Waals surface area contributed by atoms with Crippen LogP contribution in [0.4, 0.5) is 0 Å². The maximum Gasteiger partial charge on any atom is 0.308 e. The predicted octanol–water partition coefficient (Wildman–Crippen LogP) is 5.86. The van der Waals surface area contributed by atoms with E-state index < -0.39 is 5.97 Å². The number of benzene rings is 2. The third-order valence-electron chi connectivity index (χ3n) is 7.17. The van der Waals surface area contributed by atoms with Crippen LogP contribution in [0.1, 0.15) is 42.2 Å². The Morgan fingerprint density at radius 1 is 1.24 bits per heavy atom. The van der Waals surface area contributed by atoms with Crippen LogP contribution in [0.25, 0.3) is 10.9 Å². The summed E-state index contributed by atoms with van der Waals surface area (Å²) in [6.07, 6.45) is 6.36. The van der Waals surface area contributed by atoms with E-state index in [-0.39, 0.29) is 23.1 Å². The Bertz CT molecular complexity index is 1090. The summed E-state index contributed by atoms with van der Waals surface area (Å²) >= 11 is 7.09. The Kier molecular flexibility index (Phi) is 8.41. The Morgan fingerprint density at radius 2 is 2.06 bits per heavy atom. The van der Waals surface area contributed by atoms with Crippen molar-refractivity contribution in [3.05, 3.63) is 71.9 Å². The number of carboxylic acid groups (broad SMARTS) is 1. The van der Waals surface area contributed by atoms with E-state index in [0.29, 0.717) is 6.54 Å². The number of hydrogen-bond donors (Lipinski definition) is 2. The van der Waals surface area contributed by atoms with Gasteiger partial charge in [0.15, 0.2) is 0 Å². The van der Waals surface area contributed by atoms with Gasteiger partial charge in [-0.05, 0) is 85.9 Å². The molecule has 6 heteroatoms. The van der Waals surface area contributed by atoms with Gasteiger partial charge in [-0.25, -0.2) is 0 Å². The molecule has 1 fully saturated rings. The lowest BCUT2D eigenvalue weighted by Crippen LogP contribution is -2.44. The first-order valence-corrected chi connectivity index (χ1v) is 12.5. The molecule has 180 valence electrons. The number of aliphatic carboxylic acids is 1. The summed E-state index contributed by atoms with van der Waals surface area (Å²) in [5.74, 6) is 0.0140. The van der Waals surface area contributed by atoms with E-state index in [9.17, 15) is 9.90 Å². The molecule has 0 spiro atoms. The van der Waals surface area contributed by atoms with Gasteiger partial charge in [-0.2, -0.15) is 0 Å². The molecule has 4 rings (SSSR count). The van der Waals surface area contributed by atoms with Gasteiger partial charge in [0.25, 0.3) is 0 Å². The minimum absolute atomic E-state index is 0.110. The van der Waals surface area contributed by atoms with Gasteiger partial charge in [0.05, 0.1) is 23.9 Å². The smallest absolute Gasteiger partial charge is 0.308 e. The monoisotopic (exact) mass is 480 g/mol. The van der Waals surface area contributed by atoms with Crippen molar-refractivity contribution < 1.29 is 14.6 Å². The molecule has 1 aromatic heterocycles. The highest BCUT2D eigenvalue weighted by atomic mass is 35.5. The van der Waals surface area contributed by atoms with E-state index in [4.69, 9.17) is 16.3 Å². The lowest BCUT2D eigenvalue weighted by atomic mass is 9.72. The first kappa shape index (κ1) is 24.5. The van der Waals surface area contributed by atoms with E-state index in [1.165, 1.54) is 5.56 Å². The molecule has 4 atom stereocenters. The normalized spacial score (nSPS) is 20.1. The number of nitrogens with one attached hydrogen (secondary N) is 1. The Hall–Kier alpha value is -2.63. The van der Waals surface area contributed by atoms with Gasteiger partial charge in [0.1, 0.15) is 5.75 Å². The van der Waals surface area contributed by atoms with Crippen molar-refractivity contribution in [2.45, 2.75) is 37.5 Å². The van der Waals surface area contributed by atoms with Crippen LogP contribution in [-0.4, -0.2) is 36.3 Å². The van der Waals surface area contributed by atoms with Crippen molar-refractivity contribution in [2.75, 3.05) is 20.2 Å². The number of fused-ring (bicyclic) bond motifs is 1. The second kappa shape index (κ2) is 11.7. The lowest BCUT2D eigenvalue weighted by Gasteiger charge is -2.36. The highest BCUT2D eigenvalue weighted by Crippen LogP contribution is 2.41. The number of carbonyl (C=O) groups is 1. The molecule has 2 N–H and O–H groups in total. The van der Waals surface area contributed by atoms with Crippen LogP contribution in [0.3, 0.4) is 0 Å². The third kappa shape index (κ3) is 5.89. The van der Waals surface area contributed by atoms with Gasteiger partial charge >= 0.3 is 5.97 Å². The summed E-state index contributed by atoms with van der Waals surface area (Å²) in [4.78, 5) is 16.6. The Morgan fingerprint density at radius 3 is 2.82 bits per heavy atom. The summed E-state index contributed by atoms with van der Waals surface area (Å²) in [5.41, 5.74) is 3.23. The molecule has 0 aliphatic carbocycles. The minimum atomic E-state index is -0.713. The number of hydrogen-bond acceptors (Lipinski definition) is 4. The van der Waals surface area contributed by atoms with E-state index in [1.807, 2.05) is 30.3 Å².